The van der Waals surface area contributed by atoms with Crippen LogP contribution >= 0.6 is 0 Å². The smallest absolute Gasteiger partial charge is 0.171 e. The first kappa shape index (κ1) is 17.0. The normalized spacial score (nSPS) is 29.2. The Morgan fingerprint density at radius 3 is 2.62 bits per heavy atom. The highest BCUT2D eigenvalue weighted by Crippen LogP contribution is 2.33. The molecule has 2 aliphatic rings. The summed E-state index contributed by atoms with van der Waals surface area (Å²) in [6.07, 6.45) is 15.6. The monoisotopic (exact) mass is 295 g/mol. The summed E-state index contributed by atoms with van der Waals surface area (Å²) in [5.41, 5.74) is 0. The topological polar surface area (TPSA) is 30.5 Å². The molecule has 3 nitrogen and oxygen atoms in total. The van der Waals surface area contributed by atoms with E-state index in [-0.39, 0.29) is 5.79 Å². The van der Waals surface area contributed by atoms with Crippen molar-refractivity contribution in [1.82, 2.24) is 5.32 Å². The van der Waals surface area contributed by atoms with Crippen molar-refractivity contribution in [2.24, 2.45) is 0 Å². The van der Waals surface area contributed by atoms with E-state index < -0.39 is 0 Å². The number of allylic oxidation sites excluding steroid dienone is 1. The quantitative estimate of drug-likeness (QED) is 0.564. The zero-order chi connectivity index (χ0) is 15.0. The van der Waals surface area contributed by atoms with Gasteiger partial charge in [-0.3, -0.25) is 0 Å². The summed E-state index contributed by atoms with van der Waals surface area (Å²) in [4.78, 5) is 0. The molecule has 2 heterocycles. The van der Waals surface area contributed by atoms with Crippen LogP contribution in [0.25, 0.3) is 0 Å². The maximum atomic E-state index is 5.98. The van der Waals surface area contributed by atoms with Crippen molar-refractivity contribution in [3.63, 3.8) is 0 Å². The van der Waals surface area contributed by atoms with Gasteiger partial charge in [-0.15, -0.1) is 0 Å². The number of hydrogen-bond donors (Lipinski definition) is 1. The second-order valence-corrected chi connectivity index (χ2v) is 6.67. The predicted octanol–water partition coefficient (Wildman–Crippen LogP) is 4.18. The third-order valence-corrected chi connectivity index (χ3v) is 4.51. The predicted molar refractivity (Wildman–Crippen MR) is 87.4 cm³/mol. The second-order valence-electron chi connectivity index (χ2n) is 6.67. The zero-order valence-corrected chi connectivity index (χ0v) is 13.9. The highest BCUT2D eigenvalue weighted by atomic mass is 16.7. The molecule has 2 rings (SSSR count). The van der Waals surface area contributed by atoms with Gasteiger partial charge < -0.3 is 14.8 Å². The highest BCUT2D eigenvalue weighted by Gasteiger charge is 2.41. The van der Waals surface area contributed by atoms with Gasteiger partial charge in [-0.05, 0) is 26.2 Å². The molecule has 0 aromatic heterocycles. The molecule has 0 radical (unpaired) electrons. The Morgan fingerprint density at radius 2 is 1.86 bits per heavy atom. The maximum Gasteiger partial charge on any atom is 0.171 e. The van der Waals surface area contributed by atoms with Crippen LogP contribution in [0.15, 0.2) is 12.2 Å². The molecule has 21 heavy (non-hydrogen) atoms. The summed E-state index contributed by atoms with van der Waals surface area (Å²) in [5.74, 6) is -0.320. The van der Waals surface area contributed by atoms with Crippen molar-refractivity contribution < 1.29 is 9.47 Å². The molecule has 122 valence electrons. The van der Waals surface area contributed by atoms with E-state index in [1.165, 1.54) is 38.5 Å². The minimum Gasteiger partial charge on any atom is -0.350 e. The molecule has 0 aromatic rings. The molecule has 2 aliphatic heterocycles. The van der Waals surface area contributed by atoms with Crippen LogP contribution in [0.1, 0.15) is 71.6 Å². The van der Waals surface area contributed by atoms with Crippen molar-refractivity contribution in [2.75, 3.05) is 13.2 Å². The molecule has 0 aliphatic carbocycles. The molecule has 2 fully saturated rings. The van der Waals surface area contributed by atoms with Crippen LogP contribution in [-0.2, 0) is 9.47 Å². The molecule has 1 N–H and O–H groups in total. The first-order valence-corrected chi connectivity index (χ1v) is 8.95. The molecule has 2 atom stereocenters. The molecule has 0 saturated carbocycles. The van der Waals surface area contributed by atoms with Gasteiger partial charge in [0.05, 0.1) is 13.2 Å². The lowest BCUT2D eigenvalue weighted by Crippen LogP contribution is -2.55. The summed E-state index contributed by atoms with van der Waals surface area (Å²) >= 11 is 0. The van der Waals surface area contributed by atoms with E-state index >= 15 is 0 Å². The van der Waals surface area contributed by atoms with Gasteiger partial charge in [0.1, 0.15) is 0 Å². The van der Waals surface area contributed by atoms with Crippen LogP contribution in [0.2, 0.25) is 0 Å². The molecule has 0 unspecified atom stereocenters. The SMILES string of the molecule is CCCCCCC/C=C/[C@@H]1CC2(C[C@H](C)N1)OCCCO2. The molecular weight excluding hydrogens is 262 g/mol. The van der Waals surface area contributed by atoms with E-state index in [1.54, 1.807) is 0 Å². The lowest BCUT2D eigenvalue weighted by atomic mass is 9.92. The van der Waals surface area contributed by atoms with Crippen molar-refractivity contribution in [3.05, 3.63) is 12.2 Å². The molecule has 3 heteroatoms. The van der Waals surface area contributed by atoms with E-state index in [4.69, 9.17) is 9.47 Å². The van der Waals surface area contributed by atoms with E-state index in [9.17, 15) is 0 Å². The molecule has 0 amide bonds. The fraction of sp³-hybridized carbons (Fsp3) is 0.889. The third-order valence-electron chi connectivity index (χ3n) is 4.51. The second kappa shape index (κ2) is 8.92. The third kappa shape index (κ3) is 5.72. The Morgan fingerprint density at radius 1 is 1.10 bits per heavy atom. The first-order valence-electron chi connectivity index (χ1n) is 8.95. The Hall–Kier alpha value is -0.380. The van der Waals surface area contributed by atoms with Crippen molar-refractivity contribution in [2.45, 2.75) is 89.5 Å². The van der Waals surface area contributed by atoms with Crippen molar-refractivity contribution >= 4 is 0 Å². The van der Waals surface area contributed by atoms with Crippen molar-refractivity contribution in [1.29, 1.82) is 0 Å². The largest absolute Gasteiger partial charge is 0.350 e. The standard InChI is InChI=1S/C18H33NO2/c1-3-4-5-6-7-8-9-11-17-15-18(14-16(2)19-17)20-12-10-13-21-18/h9,11,16-17,19H,3-8,10,12-15H2,1-2H3/b11-9+/t16-,17+/m0/s1. The Bertz CT molecular complexity index is 310. The van der Waals surface area contributed by atoms with Gasteiger partial charge in [0.25, 0.3) is 0 Å². The number of nitrogens with one attached hydrogen (secondary N) is 1. The fourth-order valence-electron chi connectivity index (χ4n) is 3.47. The summed E-state index contributed by atoms with van der Waals surface area (Å²) in [6, 6.07) is 0.846. The number of unbranched alkanes of at least 4 members (excludes halogenated alkanes) is 5. The molecular formula is C18H33NO2. The number of rotatable bonds is 7. The Balaban J connectivity index is 1.72. The van der Waals surface area contributed by atoms with Gasteiger partial charge in [-0.1, -0.05) is 44.8 Å². The van der Waals surface area contributed by atoms with Gasteiger partial charge in [-0.2, -0.15) is 0 Å². The van der Waals surface area contributed by atoms with Crippen LogP contribution < -0.4 is 5.32 Å². The van der Waals surface area contributed by atoms with E-state index in [0.717, 1.165) is 32.5 Å². The van der Waals surface area contributed by atoms with Crippen LogP contribution in [0, 0.1) is 0 Å². The van der Waals surface area contributed by atoms with E-state index in [2.05, 4.69) is 31.3 Å². The van der Waals surface area contributed by atoms with Gasteiger partial charge in [0.15, 0.2) is 5.79 Å². The molecule has 2 saturated heterocycles. The van der Waals surface area contributed by atoms with Crippen LogP contribution in [0.5, 0.6) is 0 Å². The van der Waals surface area contributed by atoms with E-state index in [0.29, 0.717) is 12.1 Å². The average molecular weight is 295 g/mol. The van der Waals surface area contributed by atoms with E-state index in [1.807, 2.05) is 0 Å². The van der Waals surface area contributed by atoms with Crippen molar-refractivity contribution in [3.8, 4) is 0 Å². The summed E-state index contributed by atoms with van der Waals surface area (Å²) in [7, 11) is 0. The first-order chi connectivity index (χ1) is 10.2. The lowest BCUT2D eigenvalue weighted by molar-refractivity contribution is -0.283. The maximum absolute atomic E-state index is 5.98. The Labute approximate surface area is 130 Å². The van der Waals surface area contributed by atoms with Gasteiger partial charge in [-0.25, -0.2) is 0 Å². The minimum atomic E-state index is -0.320. The molecule has 0 aromatic carbocycles. The minimum absolute atomic E-state index is 0.320. The van der Waals surface area contributed by atoms with Gasteiger partial charge in [0.2, 0.25) is 0 Å². The fourth-order valence-corrected chi connectivity index (χ4v) is 3.47. The lowest BCUT2D eigenvalue weighted by Gasteiger charge is -2.45. The van der Waals surface area contributed by atoms with Gasteiger partial charge in [0, 0.05) is 24.9 Å². The molecule has 1 spiro atoms. The zero-order valence-electron chi connectivity index (χ0n) is 13.9. The summed E-state index contributed by atoms with van der Waals surface area (Å²) in [5, 5.41) is 3.65. The number of hydrogen-bond acceptors (Lipinski definition) is 3. The number of piperidine rings is 1. The number of ether oxygens (including phenoxy) is 2. The average Bonchev–Trinajstić information content (AvgIpc) is 2.46. The highest BCUT2D eigenvalue weighted by molar-refractivity contribution is 5.01. The van der Waals surface area contributed by atoms with Gasteiger partial charge >= 0.3 is 0 Å². The Kier molecular flexibility index (Phi) is 7.21. The summed E-state index contributed by atoms with van der Waals surface area (Å²) in [6.45, 7) is 6.19. The summed E-state index contributed by atoms with van der Waals surface area (Å²) < 4.78 is 12.0. The molecule has 0 bridgehead atoms. The van der Waals surface area contributed by atoms with Crippen LogP contribution in [-0.4, -0.2) is 31.1 Å². The van der Waals surface area contributed by atoms with Crippen LogP contribution in [0.4, 0.5) is 0 Å². The van der Waals surface area contributed by atoms with Crippen LogP contribution in [0.3, 0.4) is 0 Å².